The van der Waals surface area contributed by atoms with Crippen LogP contribution >= 0.6 is 24.0 Å². The molecule has 0 radical (unpaired) electrons. The first-order chi connectivity index (χ1) is 13.6. The molecule has 0 bridgehead atoms. The molecule has 0 aromatic carbocycles. The van der Waals surface area contributed by atoms with E-state index in [0.29, 0.717) is 50.9 Å². The van der Waals surface area contributed by atoms with Crippen molar-refractivity contribution in [3.05, 3.63) is 18.0 Å². The summed E-state index contributed by atoms with van der Waals surface area (Å²) in [4.78, 5) is 6.71. The second-order valence-corrected chi connectivity index (χ2v) is 12.0. The molecule has 13 heteroatoms. The number of halogens is 1. The van der Waals surface area contributed by atoms with E-state index >= 15 is 0 Å². The Morgan fingerprint density at radius 2 is 1.90 bits per heavy atom. The van der Waals surface area contributed by atoms with Gasteiger partial charge in [0.25, 0.3) is 0 Å². The van der Waals surface area contributed by atoms with E-state index in [9.17, 15) is 16.8 Å². The summed E-state index contributed by atoms with van der Waals surface area (Å²) in [6, 6.07) is 1.55. The number of aliphatic imine (C=N–C) groups is 1. The van der Waals surface area contributed by atoms with Gasteiger partial charge in [-0.05, 0) is 19.8 Å². The lowest BCUT2D eigenvalue weighted by atomic mass is 10.1. The minimum atomic E-state index is -3.46. The second kappa shape index (κ2) is 10.1. The summed E-state index contributed by atoms with van der Waals surface area (Å²) >= 11 is 0. The molecule has 1 aromatic heterocycles. The van der Waals surface area contributed by atoms with Gasteiger partial charge in [0, 0.05) is 57.0 Å². The predicted octanol–water partition coefficient (Wildman–Crippen LogP) is 0.530. The van der Waals surface area contributed by atoms with Crippen LogP contribution in [0.15, 0.2) is 21.8 Å². The van der Waals surface area contributed by atoms with E-state index in [-0.39, 0.29) is 40.9 Å². The van der Waals surface area contributed by atoms with Crippen LogP contribution in [0.25, 0.3) is 0 Å². The van der Waals surface area contributed by atoms with Crippen molar-refractivity contribution in [2.75, 3.05) is 51.3 Å². The summed E-state index contributed by atoms with van der Waals surface area (Å²) in [5, 5.41) is 6.92. The van der Waals surface area contributed by atoms with Crippen molar-refractivity contribution in [1.82, 2.24) is 19.7 Å². The molecule has 0 atom stereocenters. The summed E-state index contributed by atoms with van der Waals surface area (Å²) in [5.74, 6) is 0.698. The highest BCUT2D eigenvalue weighted by Gasteiger charge is 2.45. The minimum absolute atomic E-state index is 0. The first-order valence-electron chi connectivity index (χ1n) is 9.71. The van der Waals surface area contributed by atoms with Crippen LogP contribution in [0.3, 0.4) is 0 Å². The summed E-state index contributed by atoms with van der Waals surface area (Å²) in [6.45, 7) is 4.87. The van der Waals surface area contributed by atoms with Gasteiger partial charge in [0.2, 0.25) is 10.0 Å². The Bertz CT molecular complexity index is 922. The summed E-state index contributed by atoms with van der Waals surface area (Å²) in [7, 11) is -6.49. The highest BCUT2D eigenvalue weighted by atomic mass is 127. The molecule has 1 aromatic rings. The number of aromatic nitrogens is 1. The van der Waals surface area contributed by atoms with E-state index in [2.05, 4.69) is 15.5 Å². The van der Waals surface area contributed by atoms with Gasteiger partial charge in [0.1, 0.15) is 21.9 Å². The van der Waals surface area contributed by atoms with Gasteiger partial charge < -0.3 is 14.7 Å². The zero-order valence-corrected chi connectivity index (χ0v) is 21.2. The molecule has 1 N–H and O–H groups in total. The molecule has 2 aliphatic rings. The van der Waals surface area contributed by atoms with Crippen LogP contribution in [0.1, 0.15) is 25.5 Å². The fourth-order valence-corrected chi connectivity index (χ4v) is 6.43. The van der Waals surface area contributed by atoms with E-state index in [1.807, 2.05) is 11.8 Å². The molecule has 0 amide bonds. The fourth-order valence-electron chi connectivity index (χ4n) is 3.52. The lowest BCUT2D eigenvalue weighted by molar-refractivity contribution is 0.259. The van der Waals surface area contributed by atoms with Gasteiger partial charge in [-0.1, -0.05) is 5.16 Å². The number of guanidine groups is 1. The number of hydrogen-bond donors (Lipinski definition) is 1. The van der Waals surface area contributed by atoms with E-state index in [0.717, 1.165) is 12.8 Å². The second-order valence-electron chi connectivity index (χ2n) is 7.87. The van der Waals surface area contributed by atoms with E-state index in [1.165, 1.54) is 16.8 Å². The topological polar surface area (TPSA) is 125 Å². The zero-order chi connectivity index (χ0) is 21.1. The number of hydrogen-bond acceptors (Lipinski definition) is 7. The third-order valence-corrected chi connectivity index (χ3v) is 8.13. The van der Waals surface area contributed by atoms with Crippen molar-refractivity contribution < 1.29 is 21.4 Å². The van der Waals surface area contributed by atoms with Crippen molar-refractivity contribution >= 4 is 49.8 Å². The number of sulfone groups is 1. The van der Waals surface area contributed by atoms with E-state index < -0.39 is 19.9 Å². The van der Waals surface area contributed by atoms with Crippen LogP contribution in [0.2, 0.25) is 0 Å². The molecule has 2 fully saturated rings. The number of nitrogens with one attached hydrogen (secondary N) is 1. The maximum Gasteiger partial charge on any atom is 0.220 e. The Kier molecular flexibility index (Phi) is 8.55. The van der Waals surface area contributed by atoms with E-state index in [4.69, 9.17) is 4.52 Å². The Balaban J connectivity index is 0.00000320. The average Bonchev–Trinajstić information content (AvgIpc) is 3.19. The number of rotatable bonds is 8. The maximum atomic E-state index is 12.6. The third-order valence-electron chi connectivity index (χ3n) is 5.18. The van der Waals surface area contributed by atoms with Gasteiger partial charge in [0.15, 0.2) is 5.96 Å². The quantitative estimate of drug-likeness (QED) is 0.271. The largest absolute Gasteiger partial charge is 0.364 e. The maximum absolute atomic E-state index is 12.6. The molecule has 2 heterocycles. The molecule has 3 rings (SSSR count). The Labute approximate surface area is 195 Å². The van der Waals surface area contributed by atoms with Crippen LogP contribution < -0.4 is 5.32 Å². The summed E-state index contributed by atoms with van der Waals surface area (Å²) < 4.78 is 54.6. The number of piperazine rings is 1. The van der Waals surface area contributed by atoms with Crippen LogP contribution in [0.4, 0.5) is 0 Å². The van der Waals surface area contributed by atoms with Crippen molar-refractivity contribution in [3.63, 3.8) is 0 Å². The Hall–Kier alpha value is -0.930. The molecule has 1 saturated heterocycles. The molecular weight excluding hydrogens is 545 g/mol. The summed E-state index contributed by atoms with van der Waals surface area (Å²) in [5.41, 5.74) is 0.153. The van der Waals surface area contributed by atoms with Crippen LogP contribution in [-0.2, 0) is 25.6 Å². The minimum Gasteiger partial charge on any atom is -0.364 e. The molecule has 1 aliphatic heterocycles. The smallest absolute Gasteiger partial charge is 0.220 e. The molecule has 172 valence electrons. The molecule has 10 nitrogen and oxygen atoms in total. The molecule has 1 saturated carbocycles. The monoisotopic (exact) mass is 575 g/mol. The van der Waals surface area contributed by atoms with Crippen LogP contribution in [0.5, 0.6) is 0 Å². The molecular formula is C17H30IN5O5S2. The Morgan fingerprint density at radius 3 is 2.40 bits per heavy atom. The van der Waals surface area contributed by atoms with Gasteiger partial charge in [-0.3, -0.25) is 4.99 Å². The number of nitrogens with zero attached hydrogens (tertiary/aromatic N) is 4. The molecule has 0 spiro atoms. The fraction of sp³-hybridized carbons (Fsp3) is 0.765. The first-order valence-corrected chi connectivity index (χ1v) is 13.4. The molecule has 1 aliphatic carbocycles. The normalized spacial score (nSPS) is 19.9. The van der Waals surface area contributed by atoms with Gasteiger partial charge in [-0.15, -0.1) is 24.0 Å². The predicted molar refractivity (Wildman–Crippen MR) is 125 cm³/mol. The Morgan fingerprint density at radius 1 is 1.23 bits per heavy atom. The highest BCUT2D eigenvalue weighted by molar-refractivity contribution is 14.0. The first kappa shape index (κ1) is 25.3. The average molecular weight is 575 g/mol. The highest BCUT2D eigenvalue weighted by Crippen LogP contribution is 2.46. The van der Waals surface area contributed by atoms with Crippen molar-refractivity contribution in [3.8, 4) is 0 Å². The molecule has 30 heavy (non-hydrogen) atoms. The number of sulfonamides is 1. The van der Waals surface area contributed by atoms with Crippen LogP contribution in [-0.4, -0.2) is 88.4 Å². The van der Waals surface area contributed by atoms with E-state index in [1.54, 1.807) is 6.07 Å². The van der Waals surface area contributed by atoms with Gasteiger partial charge in [-0.2, -0.15) is 4.31 Å². The van der Waals surface area contributed by atoms with Gasteiger partial charge in [0.05, 0.1) is 11.4 Å². The summed E-state index contributed by atoms with van der Waals surface area (Å²) in [6.07, 6.45) is 4.37. The lowest BCUT2D eigenvalue weighted by Gasteiger charge is -2.36. The standard InChI is InChI=1S/C17H29N5O5S2.HI/c1-3-18-16(19-13-17(5-6-17)14-28(2,23)24)21-7-9-22(10-8-21)29(25,26)12-15-4-11-27-20-15;/h4,11H,3,5-10,12-14H2,1-2H3,(H,18,19);1H. The third kappa shape index (κ3) is 7.05. The van der Waals surface area contributed by atoms with Crippen LogP contribution in [0, 0.1) is 5.41 Å². The van der Waals surface area contributed by atoms with Crippen molar-refractivity contribution in [2.45, 2.75) is 25.5 Å². The zero-order valence-electron chi connectivity index (χ0n) is 17.3. The van der Waals surface area contributed by atoms with Crippen molar-refractivity contribution in [1.29, 1.82) is 0 Å². The van der Waals surface area contributed by atoms with Crippen molar-refractivity contribution in [2.24, 2.45) is 10.4 Å². The lowest BCUT2D eigenvalue weighted by Crippen LogP contribution is -2.54. The SMILES string of the molecule is CCNC(=NCC1(CS(C)(=O)=O)CC1)N1CCN(S(=O)(=O)Cc2ccon2)CC1.I. The van der Waals surface area contributed by atoms with Gasteiger partial charge in [-0.25, -0.2) is 16.8 Å². The van der Waals surface area contributed by atoms with Gasteiger partial charge >= 0.3 is 0 Å². The molecule has 0 unspecified atom stereocenters.